The van der Waals surface area contributed by atoms with Gasteiger partial charge in [-0.1, -0.05) is 39.3 Å². The van der Waals surface area contributed by atoms with Crippen molar-refractivity contribution in [2.45, 2.75) is 16.5 Å². The number of anilines is 1. The number of nitrogens with zero attached hydrogens (tertiary/aromatic N) is 2. The number of hydrogen-bond donors (Lipinski definition) is 1. The van der Waals surface area contributed by atoms with E-state index in [2.05, 4.69) is 26.2 Å². The summed E-state index contributed by atoms with van der Waals surface area (Å²) in [4.78, 5) is 30.9. The maximum absolute atomic E-state index is 13.1. The number of rotatable bonds is 5. The molecular formula is C20H15BrClN3O2S2. The minimum absolute atomic E-state index is 0.101. The van der Waals surface area contributed by atoms with Gasteiger partial charge in [0.25, 0.3) is 5.56 Å². The Hall–Kier alpha value is -1.74. The minimum Gasteiger partial charge on any atom is -0.325 e. The van der Waals surface area contributed by atoms with Gasteiger partial charge in [-0.25, -0.2) is 4.98 Å². The zero-order chi connectivity index (χ0) is 20.4. The predicted octanol–water partition coefficient (Wildman–Crippen LogP) is 5.03. The van der Waals surface area contributed by atoms with Crippen molar-refractivity contribution in [3.63, 3.8) is 0 Å². The van der Waals surface area contributed by atoms with Crippen LogP contribution in [0.25, 0.3) is 5.69 Å². The van der Waals surface area contributed by atoms with Gasteiger partial charge in [-0.3, -0.25) is 14.2 Å². The number of halogens is 2. The quantitative estimate of drug-likeness (QED) is 0.387. The lowest BCUT2D eigenvalue weighted by atomic mass is 10.3. The molecule has 4 rings (SSSR count). The molecule has 0 saturated heterocycles. The van der Waals surface area contributed by atoms with Gasteiger partial charge in [-0.2, -0.15) is 0 Å². The smallest absolute Gasteiger partial charge is 0.272 e. The molecule has 0 aliphatic carbocycles. The summed E-state index contributed by atoms with van der Waals surface area (Å²) in [5.41, 5.74) is 2.10. The number of fused-ring (bicyclic) bond motifs is 1. The normalized spacial score (nSPS) is 12.6. The molecule has 3 aromatic rings. The molecule has 1 aliphatic heterocycles. The van der Waals surface area contributed by atoms with Gasteiger partial charge in [-0.05, 0) is 48.5 Å². The van der Waals surface area contributed by atoms with Crippen LogP contribution >= 0.6 is 51.1 Å². The van der Waals surface area contributed by atoms with Crippen LogP contribution in [0, 0.1) is 0 Å². The first-order valence-corrected chi connectivity index (χ1v) is 11.9. The average Bonchev–Trinajstić information content (AvgIpc) is 3.18. The molecule has 0 saturated carbocycles. The van der Waals surface area contributed by atoms with Gasteiger partial charge in [0, 0.05) is 27.4 Å². The van der Waals surface area contributed by atoms with E-state index in [4.69, 9.17) is 11.6 Å². The third-order valence-corrected chi connectivity index (χ3v) is 7.04. The summed E-state index contributed by atoms with van der Waals surface area (Å²) in [6, 6.07) is 14.4. The molecule has 1 N–H and O–H groups in total. The van der Waals surface area contributed by atoms with E-state index in [1.807, 2.05) is 24.3 Å². The number of hydrogen-bond acceptors (Lipinski definition) is 5. The Bertz CT molecular complexity index is 1120. The molecule has 0 fully saturated rings. The Morgan fingerprint density at radius 1 is 1.21 bits per heavy atom. The summed E-state index contributed by atoms with van der Waals surface area (Å²) in [6.07, 6.45) is 0.759. The summed E-state index contributed by atoms with van der Waals surface area (Å²) in [7, 11) is 0. The fraction of sp³-hybridized carbons (Fsp3) is 0.150. The molecule has 29 heavy (non-hydrogen) atoms. The molecule has 0 bridgehead atoms. The molecule has 1 aromatic heterocycles. The molecule has 2 aromatic carbocycles. The van der Waals surface area contributed by atoms with Gasteiger partial charge in [0.05, 0.1) is 22.0 Å². The summed E-state index contributed by atoms with van der Waals surface area (Å²) in [6.45, 7) is 0. The van der Waals surface area contributed by atoms with Gasteiger partial charge in [0.15, 0.2) is 5.16 Å². The van der Waals surface area contributed by atoms with Crippen molar-refractivity contribution in [1.29, 1.82) is 0 Å². The molecule has 148 valence electrons. The van der Waals surface area contributed by atoms with Crippen LogP contribution in [0.1, 0.15) is 5.69 Å². The van der Waals surface area contributed by atoms with Crippen LogP contribution in [0.15, 0.2) is 67.9 Å². The van der Waals surface area contributed by atoms with Gasteiger partial charge in [-0.15, -0.1) is 11.8 Å². The van der Waals surface area contributed by atoms with Gasteiger partial charge < -0.3 is 5.32 Å². The molecule has 9 heteroatoms. The number of carbonyl (C=O) groups is 1. The highest BCUT2D eigenvalue weighted by Crippen LogP contribution is 2.30. The highest BCUT2D eigenvalue weighted by molar-refractivity contribution is 9.10. The van der Waals surface area contributed by atoms with E-state index in [1.54, 1.807) is 28.8 Å². The number of thioether (sulfide) groups is 2. The van der Waals surface area contributed by atoms with Crippen molar-refractivity contribution in [2.24, 2.45) is 0 Å². The third kappa shape index (κ3) is 4.71. The van der Waals surface area contributed by atoms with Crippen molar-refractivity contribution >= 4 is 62.6 Å². The minimum atomic E-state index is -0.163. The van der Waals surface area contributed by atoms with Crippen LogP contribution in [-0.2, 0) is 11.2 Å². The molecule has 2 heterocycles. The highest BCUT2D eigenvalue weighted by atomic mass is 79.9. The first-order valence-electron chi connectivity index (χ1n) is 8.74. The SMILES string of the molecule is O=C(CSc1nc2c(c(=O)n1-c1ccc(Cl)cc1)SCC2)Nc1ccc(Br)cc1. The molecule has 5 nitrogen and oxygen atoms in total. The number of amides is 1. The van der Waals surface area contributed by atoms with Crippen LogP contribution in [-0.4, -0.2) is 27.0 Å². The molecule has 0 atom stereocenters. The number of aromatic nitrogens is 2. The van der Waals surface area contributed by atoms with Gasteiger partial charge in [0.2, 0.25) is 5.91 Å². The van der Waals surface area contributed by atoms with Crippen LogP contribution < -0.4 is 10.9 Å². The summed E-state index contributed by atoms with van der Waals surface area (Å²) < 4.78 is 2.50. The van der Waals surface area contributed by atoms with Crippen LogP contribution in [0.3, 0.4) is 0 Å². The first-order chi connectivity index (χ1) is 14.0. The third-order valence-electron chi connectivity index (χ3n) is 4.21. The molecule has 0 spiro atoms. The maximum Gasteiger partial charge on any atom is 0.272 e. The second kappa shape index (κ2) is 8.95. The average molecular weight is 509 g/mol. The number of benzene rings is 2. The molecule has 1 amide bonds. The summed E-state index contributed by atoms with van der Waals surface area (Å²) in [5, 5.41) is 3.95. The Labute approximate surface area is 189 Å². The molecule has 0 radical (unpaired) electrons. The lowest BCUT2D eigenvalue weighted by Gasteiger charge is -2.14. The van der Waals surface area contributed by atoms with E-state index in [9.17, 15) is 9.59 Å². The maximum atomic E-state index is 13.1. The van der Waals surface area contributed by atoms with E-state index in [0.717, 1.165) is 22.3 Å². The largest absolute Gasteiger partial charge is 0.325 e. The number of aryl methyl sites for hydroxylation is 1. The number of nitrogens with one attached hydrogen (secondary N) is 1. The van der Waals surface area contributed by atoms with Crippen molar-refractivity contribution in [1.82, 2.24) is 9.55 Å². The zero-order valence-corrected chi connectivity index (χ0v) is 19.0. The zero-order valence-electron chi connectivity index (χ0n) is 15.0. The fourth-order valence-corrected chi connectivity index (χ4v) is 5.11. The van der Waals surface area contributed by atoms with E-state index >= 15 is 0 Å². The predicted molar refractivity (Wildman–Crippen MR) is 123 cm³/mol. The monoisotopic (exact) mass is 507 g/mol. The summed E-state index contributed by atoms with van der Waals surface area (Å²) in [5.74, 6) is 0.822. The van der Waals surface area contributed by atoms with Crippen molar-refractivity contribution in [3.05, 3.63) is 74.1 Å². The van der Waals surface area contributed by atoms with Crippen LogP contribution in [0.4, 0.5) is 5.69 Å². The number of carbonyl (C=O) groups excluding carboxylic acids is 1. The Balaban J connectivity index is 1.60. The van der Waals surface area contributed by atoms with E-state index in [-0.39, 0.29) is 17.2 Å². The second-order valence-corrected chi connectivity index (χ2v) is 9.63. The lowest BCUT2D eigenvalue weighted by Crippen LogP contribution is -2.24. The topological polar surface area (TPSA) is 64.0 Å². The Morgan fingerprint density at radius 2 is 1.93 bits per heavy atom. The fourth-order valence-electron chi connectivity index (χ4n) is 2.87. The lowest BCUT2D eigenvalue weighted by molar-refractivity contribution is -0.113. The molecule has 1 aliphatic rings. The van der Waals surface area contributed by atoms with Crippen LogP contribution in [0.2, 0.25) is 5.02 Å². The van der Waals surface area contributed by atoms with Crippen LogP contribution in [0.5, 0.6) is 0 Å². The van der Waals surface area contributed by atoms with Crippen molar-refractivity contribution in [2.75, 3.05) is 16.8 Å². The molecule has 0 unspecified atom stereocenters. The summed E-state index contributed by atoms with van der Waals surface area (Å²) >= 11 is 12.1. The first kappa shape index (κ1) is 20.5. The van der Waals surface area contributed by atoms with Gasteiger partial charge in [0.1, 0.15) is 0 Å². The standard InChI is InChI=1S/C20H15BrClN3O2S2/c21-12-1-5-14(6-2-12)23-17(26)11-29-20-24-16-9-10-28-18(16)19(27)25(20)15-7-3-13(22)4-8-15/h1-8H,9-11H2,(H,23,26). The van der Waals surface area contributed by atoms with Crippen molar-refractivity contribution < 1.29 is 4.79 Å². The van der Waals surface area contributed by atoms with E-state index in [1.165, 1.54) is 23.5 Å². The van der Waals surface area contributed by atoms with Crippen molar-refractivity contribution in [3.8, 4) is 5.69 Å². The van der Waals surface area contributed by atoms with E-state index < -0.39 is 0 Å². The van der Waals surface area contributed by atoms with Gasteiger partial charge >= 0.3 is 0 Å². The highest BCUT2D eigenvalue weighted by Gasteiger charge is 2.23. The Kier molecular flexibility index (Phi) is 6.34. The van der Waals surface area contributed by atoms with E-state index in [0.29, 0.717) is 26.4 Å². The second-order valence-electron chi connectivity index (χ2n) is 6.23. The molecular weight excluding hydrogens is 494 g/mol. The Morgan fingerprint density at radius 3 is 2.66 bits per heavy atom.